The molecule has 1 amide bonds. The van der Waals surface area contributed by atoms with E-state index >= 15 is 0 Å². The Morgan fingerprint density at radius 3 is 2.33 bits per heavy atom. The number of nitrogens with one attached hydrogen (secondary N) is 1. The highest BCUT2D eigenvalue weighted by atomic mass is 35.5. The first-order chi connectivity index (χ1) is 19.2. The number of fused-ring (bicyclic) bond motifs is 1. The van der Waals surface area contributed by atoms with Crippen LogP contribution < -0.4 is 9.62 Å². The van der Waals surface area contributed by atoms with Crippen molar-refractivity contribution < 1.29 is 13.2 Å². The van der Waals surface area contributed by atoms with Crippen molar-refractivity contribution in [2.24, 2.45) is 0 Å². The summed E-state index contributed by atoms with van der Waals surface area (Å²) in [6, 6.07) is 27.0. The summed E-state index contributed by atoms with van der Waals surface area (Å²) in [5.74, 6) is -0.170. The molecule has 0 bridgehead atoms. The van der Waals surface area contributed by atoms with Crippen LogP contribution in [0.5, 0.6) is 0 Å². The molecule has 7 heteroatoms. The topological polar surface area (TPSA) is 66.5 Å². The Hall–Kier alpha value is -3.61. The van der Waals surface area contributed by atoms with E-state index in [1.54, 1.807) is 66.7 Å². The number of hydrogen-bond donors (Lipinski definition) is 1. The van der Waals surface area contributed by atoms with Gasteiger partial charge in [-0.25, -0.2) is 8.42 Å². The maximum Gasteiger partial charge on any atom is 0.264 e. The molecule has 4 aromatic rings. The van der Waals surface area contributed by atoms with Crippen molar-refractivity contribution in [3.63, 3.8) is 0 Å². The zero-order chi connectivity index (χ0) is 28.3. The summed E-state index contributed by atoms with van der Waals surface area (Å²) in [6.07, 6.45) is 4.68. The maximum atomic E-state index is 13.7. The van der Waals surface area contributed by atoms with Crippen LogP contribution in [0.15, 0.2) is 95.9 Å². The van der Waals surface area contributed by atoms with Gasteiger partial charge in [0.2, 0.25) is 0 Å². The van der Waals surface area contributed by atoms with Gasteiger partial charge in [-0.15, -0.1) is 0 Å². The van der Waals surface area contributed by atoms with E-state index in [4.69, 9.17) is 11.6 Å². The molecule has 40 heavy (non-hydrogen) atoms. The average Bonchev–Trinajstić information content (AvgIpc) is 2.97. The first-order valence-corrected chi connectivity index (χ1v) is 15.4. The third-order valence-electron chi connectivity index (χ3n) is 7.53. The lowest BCUT2D eigenvalue weighted by atomic mass is 9.89. The number of benzene rings is 4. The van der Waals surface area contributed by atoms with Crippen LogP contribution in [0, 0.1) is 6.92 Å². The van der Waals surface area contributed by atoms with Crippen LogP contribution >= 0.6 is 11.6 Å². The minimum absolute atomic E-state index is 0.0891. The van der Waals surface area contributed by atoms with E-state index in [2.05, 4.69) is 23.5 Å². The number of anilines is 1. The van der Waals surface area contributed by atoms with Crippen LogP contribution in [0.4, 0.5) is 5.69 Å². The number of amides is 1. The van der Waals surface area contributed by atoms with E-state index in [0.29, 0.717) is 16.3 Å². The molecule has 0 spiro atoms. The van der Waals surface area contributed by atoms with Crippen molar-refractivity contribution in [3.05, 3.63) is 129 Å². The summed E-state index contributed by atoms with van der Waals surface area (Å²) in [7, 11) is -3.88. The lowest BCUT2D eigenvalue weighted by Gasteiger charge is -2.26. The lowest BCUT2D eigenvalue weighted by molar-refractivity contribution is 0.0940. The molecule has 1 aliphatic rings. The molecular formula is C33H33ClN2O3S. The molecule has 0 aromatic heterocycles. The van der Waals surface area contributed by atoms with Crippen molar-refractivity contribution in [2.75, 3.05) is 4.31 Å². The first kappa shape index (κ1) is 27.9. The molecular weight excluding hydrogens is 540 g/mol. The molecule has 4 aromatic carbocycles. The molecule has 0 saturated carbocycles. The number of sulfonamides is 1. The molecule has 5 rings (SSSR count). The zero-order valence-electron chi connectivity index (χ0n) is 22.7. The van der Waals surface area contributed by atoms with Gasteiger partial charge in [0.15, 0.2) is 0 Å². The molecule has 1 atom stereocenters. The van der Waals surface area contributed by atoms with Crippen molar-refractivity contribution in [2.45, 2.75) is 57.0 Å². The number of carbonyl (C=O) groups excluding carboxylic acids is 1. The van der Waals surface area contributed by atoms with Crippen LogP contribution in [0.1, 0.15) is 64.0 Å². The molecule has 0 radical (unpaired) electrons. The van der Waals surface area contributed by atoms with E-state index in [9.17, 15) is 13.2 Å². The van der Waals surface area contributed by atoms with Crippen LogP contribution in [0.2, 0.25) is 5.02 Å². The maximum absolute atomic E-state index is 13.7. The molecule has 0 aliphatic heterocycles. The Kier molecular flexibility index (Phi) is 8.29. The predicted molar refractivity (Wildman–Crippen MR) is 161 cm³/mol. The number of nitrogens with zero attached hydrogens (tertiary/aromatic N) is 1. The van der Waals surface area contributed by atoms with E-state index in [1.807, 2.05) is 19.9 Å². The number of halogens is 1. The molecule has 0 heterocycles. The van der Waals surface area contributed by atoms with E-state index in [1.165, 1.54) is 28.3 Å². The van der Waals surface area contributed by atoms with Gasteiger partial charge in [-0.3, -0.25) is 9.10 Å². The van der Waals surface area contributed by atoms with Gasteiger partial charge in [0.25, 0.3) is 15.9 Å². The molecule has 0 unspecified atom stereocenters. The monoisotopic (exact) mass is 572 g/mol. The molecule has 0 fully saturated rings. The third-order valence-corrected chi connectivity index (χ3v) is 9.54. The summed E-state index contributed by atoms with van der Waals surface area (Å²) >= 11 is 6.27. The molecule has 1 aliphatic carbocycles. The second kappa shape index (κ2) is 11.9. The van der Waals surface area contributed by atoms with E-state index in [0.717, 1.165) is 29.5 Å². The number of rotatable bonds is 8. The highest BCUT2D eigenvalue weighted by Crippen LogP contribution is 2.31. The number of hydrogen-bond acceptors (Lipinski definition) is 3. The van der Waals surface area contributed by atoms with Gasteiger partial charge in [-0.1, -0.05) is 66.2 Å². The zero-order valence-corrected chi connectivity index (χ0v) is 24.3. The summed E-state index contributed by atoms with van der Waals surface area (Å²) < 4.78 is 28.9. The summed E-state index contributed by atoms with van der Waals surface area (Å²) in [5, 5.41) is 3.56. The van der Waals surface area contributed by atoms with E-state index in [-0.39, 0.29) is 23.4 Å². The molecule has 0 saturated heterocycles. The Bertz CT molecular complexity index is 1620. The second-order valence-electron chi connectivity index (χ2n) is 10.4. The van der Waals surface area contributed by atoms with Crippen LogP contribution in [-0.4, -0.2) is 14.3 Å². The normalized spacial score (nSPS) is 13.8. The van der Waals surface area contributed by atoms with E-state index < -0.39 is 10.0 Å². The van der Waals surface area contributed by atoms with Gasteiger partial charge in [-0.05, 0) is 104 Å². The minimum Gasteiger partial charge on any atom is -0.346 e. The van der Waals surface area contributed by atoms with Gasteiger partial charge in [0, 0.05) is 10.6 Å². The first-order valence-electron chi connectivity index (χ1n) is 13.6. The summed E-state index contributed by atoms with van der Waals surface area (Å²) in [6.45, 7) is 3.94. The Balaban J connectivity index is 1.35. The Labute approximate surface area is 241 Å². The Morgan fingerprint density at radius 2 is 1.60 bits per heavy atom. The highest BCUT2D eigenvalue weighted by Gasteiger charge is 2.27. The van der Waals surface area contributed by atoms with Crippen LogP contribution in [0.25, 0.3) is 0 Å². The number of aryl methyl sites for hydroxylation is 3. The molecule has 1 N–H and O–H groups in total. The number of carbonyl (C=O) groups is 1. The molecule has 5 nitrogen and oxygen atoms in total. The fourth-order valence-corrected chi connectivity index (χ4v) is 6.88. The largest absolute Gasteiger partial charge is 0.346 e. The van der Waals surface area contributed by atoms with Gasteiger partial charge in [0.1, 0.15) is 0 Å². The van der Waals surface area contributed by atoms with Gasteiger partial charge < -0.3 is 5.32 Å². The molecule has 206 valence electrons. The summed E-state index contributed by atoms with van der Waals surface area (Å²) in [4.78, 5) is 13.3. The quantitative estimate of drug-likeness (QED) is 0.239. The van der Waals surface area contributed by atoms with Gasteiger partial charge >= 0.3 is 0 Å². The minimum atomic E-state index is -3.88. The predicted octanol–water partition coefficient (Wildman–Crippen LogP) is 7.41. The van der Waals surface area contributed by atoms with Crippen LogP contribution in [0.3, 0.4) is 0 Å². The second-order valence-corrected chi connectivity index (χ2v) is 12.7. The van der Waals surface area contributed by atoms with Crippen molar-refractivity contribution in [1.82, 2.24) is 5.32 Å². The van der Waals surface area contributed by atoms with Crippen LogP contribution in [-0.2, 0) is 29.4 Å². The summed E-state index contributed by atoms with van der Waals surface area (Å²) in [5.41, 5.74) is 6.47. The standard InChI is InChI=1S/C33H33ClN2O3S/c1-23-12-19-30(34)21-32(23)36(40(38,39)31-10-4-3-5-11-31)22-25-13-15-27(16-14-25)33(37)35-24(2)28-18-17-26-8-6-7-9-29(26)20-28/h3-5,10-21,24H,6-9,22H2,1-2H3,(H,35,37)/t24-/m1/s1. The van der Waals surface area contributed by atoms with Crippen molar-refractivity contribution in [1.29, 1.82) is 0 Å². The van der Waals surface area contributed by atoms with Crippen molar-refractivity contribution in [3.8, 4) is 0 Å². The average molecular weight is 573 g/mol. The fraction of sp³-hybridized carbons (Fsp3) is 0.242. The Morgan fingerprint density at radius 1 is 0.900 bits per heavy atom. The third kappa shape index (κ3) is 6.08. The lowest BCUT2D eigenvalue weighted by Crippen LogP contribution is -2.31. The SMILES string of the molecule is Cc1ccc(Cl)cc1N(Cc1ccc(C(=O)N[C@H](C)c2ccc3c(c2)CCCC3)cc1)S(=O)(=O)c1ccccc1. The highest BCUT2D eigenvalue weighted by molar-refractivity contribution is 7.92. The van der Waals surface area contributed by atoms with Gasteiger partial charge in [0.05, 0.1) is 23.2 Å². The van der Waals surface area contributed by atoms with Gasteiger partial charge in [-0.2, -0.15) is 0 Å². The van der Waals surface area contributed by atoms with Crippen molar-refractivity contribution >= 4 is 33.2 Å². The smallest absolute Gasteiger partial charge is 0.264 e. The fourth-order valence-electron chi connectivity index (χ4n) is 5.18.